The minimum atomic E-state index is -0.851. The number of imidazole rings is 1. The van der Waals surface area contributed by atoms with Gasteiger partial charge in [-0.3, -0.25) is 9.69 Å². The highest BCUT2D eigenvalue weighted by Crippen LogP contribution is 2.41. The molecule has 1 aliphatic carbocycles. The Kier molecular flexibility index (Phi) is 6.60. The van der Waals surface area contributed by atoms with Gasteiger partial charge in [0, 0.05) is 24.6 Å². The second-order valence-corrected chi connectivity index (χ2v) is 11.0. The molecule has 2 aliphatic heterocycles. The highest BCUT2D eigenvalue weighted by atomic mass is 16.5. The molecule has 200 valence electrons. The largest absolute Gasteiger partial charge is 0.481 e. The van der Waals surface area contributed by atoms with E-state index in [1.807, 2.05) is 31.2 Å². The van der Waals surface area contributed by atoms with Crippen LogP contribution in [0.2, 0.25) is 0 Å². The maximum atomic E-state index is 12.6. The number of amides is 1. The molecule has 38 heavy (non-hydrogen) atoms. The van der Waals surface area contributed by atoms with Crippen molar-refractivity contribution in [2.45, 2.75) is 75.8 Å². The van der Waals surface area contributed by atoms with Crippen LogP contribution in [0.4, 0.5) is 10.5 Å². The van der Waals surface area contributed by atoms with Gasteiger partial charge in [-0.1, -0.05) is 24.3 Å². The Morgan fingerprint density at radius 3 is 2.58 bits per heavy atom. The molecule has 1 amide bonds. The van der Waals surface area contributed by atoms with Crippen LogP contribution in [0.3, 0.4) is 0 Å². The van der Waals surface area contributed by atoms with Crippen molar-refractivity contribution in [1.29, 1.82) is 0 Å². The van der Waals surface area contributed by atoms with Crippen molar-refractivity contribution in [3.05, 3.63) is 58.9 Å². The first kappa shape index (κ1) is 24.9. The molecule has 8 nitrogen and oxygen atoms in total. The van der Waals surface area contributed by atoms with Crippen LogP contribution in [0.1, 0.15) is 79.4 Å². The van der Waals surface area contributed by atoms with E-state index in [0.29, 0.717) is 12.5 Å². The Balaban J connectivity index is 1.44. The van der Waals surface area contributed by atoms with Crippen molar-refractivity contribution >= 4 is 28.8 Å². The number of nitrogens with zero attached hydrogens (tertiary/aromatic N) is 3. The van der Waals surface area contributed by atoms with E-state index in [9.17, 15) is 14.7 Å². The van der Waals surface area contributed by atoms with E-state index in [0.717, 1.165) is 66.0 Å². The van der Waals surface area contributed by atoms with Gasteiger partial charge in [0.15, 0.2) is 0 Å². The lowest BCUT2D eigenvalue weighted by Gasteiger charge is -2.34. The summed E-state index contributed by atoms with van der Waals surface area (Å²) < 4.78 is 13.1. The maximum absolute atomic E-state index is 12.6. The minimum absolute atomic E-state index is 0.0238. The summed E-state index contributed by atoms with van der Waals surface area (Å²) in [5.74, 6) is -0.173. The average Bonchev–Trinajstić information content (AvgIpc) is 3.72. The molecule has 1 N–H and O–H groups in total. The van der Waals surface area contributed by atoms with Gasteiger partial charge in [-0.05, 0) is 74.6 Å². The second-order valence-electron chi connectivity index (χ2n) is 11.0. The number of hydrogen-bond donors (Lipinski definition) is 1. The smallest absolute Gasteiger partial charge is 0.414 e. The molecule has 1 saturated carbocycles. The number of fused-ring (bicyclic) bond motifs is 3. The van der Waals surface area contributed by atoms with Gasteiger partial charge < -0.3 is 19.1 Å². The summed E-state index contributed by atoms with van der Waals surface area (Å²) in [5, 5.41) is 10.3. The molecule has 1 saturated heterocycles. The number of carbonyl (C=O) groups is 2. The van der Waals surface area contributed by atoms with Crippen LogP contribution in [-0.2, 0) is 27.1 Å². The zero-order chi connectivity index (χ0) is 26.4. The quantitative estimate of drug-likeness (QED) is 0.459. The van der Waals surface area contributed by atoms with Gasteiger partial charge in [-0.15, -0.1) is 0 Å². The number of anilines is 1. The second kappa shape index (κ2) is 10.1. The van der Waals surface area contributed by atoms with Crippen molar-refractivity contribution < 1.29 is 24.2 Å². The van der Waals surface area contributed by atoms with Crippen LogP contribution in [0.15, 0.2) is 36.4 Å². The molecule has 2 fully saturated rings. The number of rotatable bonds is 6. The monoisotopic (exact) mass is 517 g/mol. The summed E-state index contributed by atoms with van der Waals surface area (Å²) in [5.41, 5.74) is 5.75. The number of hydrogen-bond acceptors (Lipinski definition) is 5. The standard InChI is InChI=1S/C30H35N3O5/c1-18-5-12-23-25(32(18)30(36)37-2)13-14-26-28(23)31-27(33(26)22-4-3-15-38-17-22)16-24(29(34)35)21-10-8-20(9-11-21)19-6-7-19/h8-11,13-14,18-19,22,24H,3-7,12,15-17H2,1-2H3,(H,34,35)/t18-,22?,24?/m0/s1. The van der Waals surface area contributed by atoms with E-state index in [1.54, 1.807) is 4.90 Å². The van der Waals surface area contributed by atoms with Crippen molar-refractivity contribution in [3.63, 3.8) is 0 Å². The van der Waals surface area contributed by atoms with Gasteiger partial charge in [0.25, 0.3) is 0 Å². The maximum Gasteiger partial charge on any atom is 0.414 e. The first-order valence-electron chi connectivity index (χ1n) is 13.8. The van der Waals surface area contributed by atoms with Gasteiger partial charge in [0.1, 0.15) is 5.82 Å². The van der Waals surface area contributed by atoms with E-state index in [1.165, 1.54) is 25.5 Å². The Hall–Kier alpha value is -3.39. The molecule has 8 heteroatoms. The molecule has 1 aromatic heterocycles. The van der Waals surface area contributed by atoms with Gasteiger partial charge in [-0.25, -0.2) is 9.78 Å². The van der Waals surface area contributed by atoms with Crippen LogP contribution in [0.25, 0.3) is 11.0 Å². The number of benzene rings is 2. The number of aliphatic carboxylic acids is 1. The molecule has 0 spiro atoms. The minimum Gasteiger partial charge on any atom is -0.481 e. The lowest BCUT2D eigenvalue weighted by Crippen LogP contribution is -2.42. The predicted octanol–water partition coefficient (Wildman–Crippen LogP) is 5.58. The van der Waals surface area contributed by atoms with Gasteiger partial charge >= 0.3 is 12.1 Å². The molecule has 3 aromatic rings. The van der Waals surface area contributed by atoms with Crippen LogP contribution in [-0.4, -0.2) is 53.1 Å². The molecule has 3 aliphatic rings. The van der Waals surface area contributed by atoms with Crippen LogP contribution >= 0.6 is 0 Å². The number of ether oxygens (including phenoxy) is 2. The zero-order valence-corrected chi connectivity index (χ0v) is 22.1. The van der Waals surface area contributed by atoms with Crippen molar-refractivity contribution in [1.82, 2.24) is 9.55 Å². The van der Waals surface area contributed by atoms with Gasteiger partial charge in [0.2, 0.25) is 0 Å². The fourth-order valence-corrected chi connectivity index (χ4v) is 6.25. The lowest BCUT2D eigenvalue weighted by molar-refractivity contribution is -0.138. The summed E-state index contributed by atoms with van der Waals surface area (Å²) >= 11 is 0. The van der Waals surface area contributed by atoms with E-state index in [-0.39, 0.29) is 24.6 Å². The van der Waals surface area contributed by atoms with E-state index in [2.05, 4.69) is 16.7 Å². The van der Waals surface area contributed by atoms with E-state index < -0.39 is 11.9 Å². The third kappa shape index (κ3) is 4.45. The number of aromatic nitrogens is 2. The highest BCUT2D eigenvalue weighted by molar-refractivity contribution is 5.95. The SMILES string of the molecule is COC(=O)N1c2ccc3c(nc(CC(C(=O)O)c4ccc(C5CC5)cc4)n3C3CCCOC3)c2CC[C@@H]1C. The summed E-state index contributed by atoms with van der Waals surface area (Å²) in [4.78, 5) is 32.0. The van der Waals surface area contributed by atoms with E-state index >= 15 is 0 Å². The topological polar surface area (TPSA) is 93.9 Å². The van der Waals surface area contributed by atoms with Crippen LogP contribution in [0, 0.1) is 0 Å². The van der Waals surface area contributed by atoms with Crippen molar-refractivity contribution in [3.8, 4) is 0 Å². The molecule has 2 unspecified atom stereocenters. The fourth-order valence-electron chi connectivity index (χ4n) is 6.25. The van der Waals surface area contributed by atoms with Crippen molar-refractivity contribution in [2.75, 3.05) is 25.2 Å². The molecular weight excluding hydrogens is 482 g/mol. The number of carboxylic acids is 1. The molecule has 3 heterocycles. The Bertz CT molecular complexity index is 1350. The molecule has 3 atom stereocenters. The Morgan fingerprint density at radius 1 is 1.13 bits per heavy atom. The molecular formula is C30H35N3O5. The van der Waals surface area contributed by atoms with Crippen molar-refractivity contribution in [2.24, 2.45) is 0 Å². The third-order valence-corrected chi connectivity index (χ3v) is 8.47. The average molecular weight is 518 g/mol. The number of carbonyl (C=O) groups excluding carboxylic acids is 1. The summed E-state index contributed by atoms with van der Waals surface area (Å²) in [6.45, 7) is 3.35. The Morgan fingerprint density at radius 2 is 1.92 bits per heavy atom. The van der Waals surface area contributed by atoms with Crippen LogP contribution < -0.4 is 4.90 Å². The molecule has 6 rings (SSSR count). The number of carboxylic acid groups (broad SMARTS) is 1. The first-order valence-corrected chi connectivity index (χ1v) is 13.8. The number of methoxy groups -OCH3 is 1. The van der Waals surface area contributed by atoms with E-state index in [4.69, 9.17) is 14.5 Å². The molecule has 2 aromatic carbocycles. The fraction of sp³-hybridized carbons (Fsp3) is 0.500. The third-order valence-electron chi connectivity index (χ3n) is 8.47. The normalized spacial score (nSPS) is 22.2. The highest BCUT2D eigenvalue weighted by Gasteiger charge is 2.34. The van der Waals surface area contributed by atoms with Gasteiger partial charge in [0.05, 0.1) is 42.4 Å². The first-order chi connectivity index (χ1) is 18.5. The lowest BCUT2D eigenvalue weighted by atomic mass is 9.93. The number of aryl methyl sites for hydroxylation is 1. The molecule has 0 bridgehead atoms. The predicted molar refractivity (Wildman–Crippen MR) is 144 cm³/mol. The molecule has 0 radical (unpaired) electrons. The summed E-state index contributed by atoms with van der Waals surface area (Å²) in [6, 6.07) is 12.2. The van der Waals surface area contributed by atoms with Gasteiger partial charge in [-0.2, -0.15) is 0 Å². The Labute approximate surface area is 222 Å². The van der Waals surface area contributed by atoms with Crippen LogP contribution in [0.5, 0.6) is 0 Å². The summed E-state index contributed by atoms with van der Waals surface area (Å²) in [6.07, 6.45) is 5.85. The zero-order valence-electron chi connectivity index (χ0n) is 22.1. The summed E-state index contributed by atoms with van der Waals surface area (Å²) in [7, 11) is 1.40.